The summed E-state index contributed by atoms with van der Waals surface area (Å²) in [5, 5.41) is 13.7. The highest BCUT2D eigenvalue weighted by atomic mass is 15.3. The molecule has 0 aliphatic carbocycles. The van der Waals surface area contributed by atoms with Crippen LogP contribution in [0.3, 0.4) is 0 Å². The van der Waals surface area contributed by atoms with Crippen LogP contribution in [0, 0.1) is 11.3 Å². The average Bonchev–Trinajstić information content (AvgIpc) is 2.66. The standard InChI is InChI=1S/C14H20N4/c1-10(2)14-7-13-5-6-17(11(3)8-15)12(4)9-18(13)16-14/h7,10-11H,4-6,9H2,1-3H3. The number of nitriles is 1. The maximum Gasteiger partial charge on any atom is 0.113 e. The van der Waals surface area contributed by atoms with E-state index in [0.29, 0.717) is 12.5 Å². The van der Waals surface area contributed by atoms with E-state index in [-0.39, 0.29) is 6.04 Å². The van der Waals surface area contributed by atoms with Crippen LogP contribution in [0.25, 0.3) is 0 Å². The molecule has 1 unspecified atom stereocenters. The van der Waals surface area contributed by atoms with Gasteiger partial charge in [0.1, 0.15) is 6.04 Å². The van der Waals surface area contributed by atoms with E-state index in [4.69, 9.17) is 5.26 Å². The van der Waals surface area contributed by atoms with Crippen molar-refractivity contribution >= 4 is 0 Å². The van der Waals surface area contributed by atoms with Crippen LogP contribution in [0.5, 0.6) is 0 Å². The third-order valence-electron chi connectivity index (χ3n) is 3.48. The zero-order valence-electron chi connectivity index (χ0n) is 11.3. The molecule has 1 atom stereocenters. The molecule has 2 heterocycles. The molecule has 1 aromatic rings. The van der Waals surface area contributed by atoms with Gasteiger partial charge in [-0.05, 0) is 18.9 Å². The molecule has 0 bridgehead atoms. The molecule has 4 heteroatoms. The minimum atomic E-state index is -0.119. The van der Waals surface area contributed by atoms with Crippen LogP contribution in [-0.4, -0.2) is 27.3 Å². The molecular formula is C14H20N4. The Morgan fingerprint density at radius 3 is 2.78 bits per heavy atom. The summed E-state index contributed by atoms with van der Waals surface area (Å²) in [5.41, 5.74) is 3.35. The van der Waals surface area contributed by atoms with Gasteiger partial charge in [-0.3, -0.25) is 4.68 Å². The van der Waals surface area contributed by atoms with E-state index in [1.807, 2.05) is 11.6 Å². The highest BCUT2D eigenvalue weighted by Gasteiger charge is 2.21. The van der Waals surface area contributed by atoms with Gasteiger partial charge >= 0.3 is 0 Å². The number of aromatic nitrogens is 2. The molecule has 0 amide bonds. The fourth-order valence-electron chi connectivity index (χ4n) is 2.29. The molecule has 0 saturated heterocycles. The summed E-state index contributed by atoms with van der Waals surface area (Å²) in [4.78, 5) is 2.07. The van der Waals surface area contributed by atoms with E-state index in [0.717, 1.165) is 24.4 Å². The Kier molecular flexibility index (Phi) is 3.42. The summed E-state index contributed by atoms with van der Waals surface area (Å²) in [7, 11) is 0. The third-order valence-corrected chi connectivity index (χ3v) is 3.48. The van der Waals surface area contributed by atoms with Gasteiger partial charge in [0.05, 0.1) is 18.3 Å². The SMILES string of the molecule is C=C1Cn2nc(C(C)C)cc2CCN1C(C)C#N. The van der Waals surface area contributed by atoms with E-state index in [1.54, 1.807) is 0 Å². The second-order valence-electron chi connectivity index (χ2n) is 5.19. The molecule has 0 saturated carbocycles. The van der Waals surface area contributed by atoms with Gasteiger partial charge in [-0.2, -0.15) is 10.4 Å². The maximum absolute atomic E-state index is 9.03. The molecule has 0 spiro atoms. The van der Waals surface area contributed by atoms with Gasteiger partial charge in [0.2, 0.25) is 0 Å². The van der Waals surface area contributed by atoms with Gasteiger partial charge in [0.25, 0.3) is 0 Å². The molecule has 1 aliphatic heterocycles. The van der Waals surface area contributed by atoms with Crippen molar-refractivity contribution in [3.05, 3.63) is 29.7 Å². The van der Waals surface area contributed by atoms with Gasteiger partial charge in [-0.15, -0.1) is 0 Å². The summed E-state index contributed by atoms with van der Waals surface area (Å²) in [6, 6.07) is 4.34. The zero-order chi connectivity index (χ0) is 13.3. The van der Waals surface area contributed by atoms with Crippen LogP contribution in [0.15, 0.2) is 18.3 Å². The first-order valence-electron chi connectivity index (χ1n) is 6.43. The van der Waals surface area contributed by atoms with Crippen LogP contribution >= 0.6 is 0 Å². The monoisotopic (exact) mass is 244 g/mol. The molecule has 4 nitrogen and oxygen atoms in total. The van der Waals surface area contributed by atoms with Crippen molar-refractivity contribution in [3.8, 4) is 6.07 Å². The predicted octanol–water partition coefficient (Wildman–Crippen LogP) is 2.29. The fourth-order valence-corrected chi connectivity index (χ4v) is 2.29. The van der Waals surface area contributed by atoms with Crippen molar-refractivity contribution in [2.45, 2.75) is 45.7 Å². The Bertz CT molecular complexity index is 492. The van der Waals surface area contributed by atoms with E-state index in [1.165, 1.54) is 5.69 Å². The molecule has 0 aromatic carbocycles. The normalized spacial score (nSPS) is 17.3. The quantitative estimate of drug-likeness (QED) is 0.801. The Balaban J connectivity index is 2.23. The van der Waals surface area contributed by atoms with Gasteiger partial charge in [-0.25, -0.2) is 0 Å². The van der Waals surface area contributed by atoms with E-state index < -0.39 is 0 Å². The molecule has 0 fully saturated rings. The van der Waals surface area contributed by atoms with Crippen LogP contribution in [0.4, 0.5) is 0 Å². The van der Waals surface area contributed by atoms with Gasteiger partial charge < -0.3 is 4.90 Å². The fraction of sp³-hybridized carbons (Fsp3) is 0.571. The predicted molar refractivity (Wildman–Crippen MR) is 70.9 cm³/mol. The lowest BCUT2D eigenvalue weighted by Gasteiger charge is -2.26. The smallest absolute Gasteiger partial charge is 0.113 e. The number of allylic oxidation sites excluding steroid dienone is 1. The van der Waals surface area contributed by atoms with E-state index >= 15 is 0 Å². The Hall–Kier alpha value is -1.76. The molecule has 0 N–H and O–H groups in total. The van der Waals surface area contributed by atoms with E-state index in [2.05, 4.69) is 42.6 Å². The third kappa shape index (κ3) is 2.26. The summed E-state index contributed by atoms with van der Waals surface area (Å²) in [5.74, 6) is 0.451. The topological polar surface area (TPSA) is 44.9 Å². The number of rotatable bonds is 2. The molecule has 0 radical (unpaired) electrons. The Morgan fingerprint density at radius 1 is 1.44 bits per heavy atom. The van der Waals surface area contributed by atoms with Crippen LogP contribution in [0.2, 0.25) is 0 Å². The zero-order valence-corrected chi connectivity index (χ0v) is 11.3. The maximum atomic E-state index is 9.03. The van der Waals surface area contributed by atoms with Gasteiger partial charge in [-0.1, -0.05) is 20.4 Å². The second-order valence-corrected chi connectivity index (χ2v) is 5.19. The number of hydrogen-bond acceptors (Lipinski definition) is 3. The first-order chi connectivity index (χ1) is 8.52. The van der Waals surface area contributed by atoms with Gasteiger partial charge in [0, 0.05) is 24.4 Å². The van der Waals surface area contributed by atoms with Crippen molar-refractivity contribution in [1.82, 2.24) is 14.7 Å². The van der Waals surface area contributed by atoms with Crippen molar-refractivity contribution in [1.29, 1.82) is 5.26 Å². The molecule has 18 heavy (non-hydrogen) atoms. The average molecular weight is 244 g/mol. The van der Waals surface area contributed by atoms with Crippen LogP contribution in [0.1, 0.15) is 38.1 Å². The van der Waals surface area contributed by atoms with E-state index in [9.17, 15) is 0 Å². The molecule has 1 aliphatic rings. The molecule has 2 rings (SSSR count). The molecular weight excluding hydrogens is 224 g/mol. The first kappa shape index (κ1) is 12.7. The summed E-state index contributed by atoms with van der Waals surface area (Å²) in [6.07, 6.45) is 0.921. The van der Waals surface area contributed by atoms with Crippen molar-refractivity contribution < 1.29 is 0 Å². The first-order valence-corrected chi connectivity index (χ1v) is 6.43. The lowest BCUT2D eigenvalue weighted by Crippen LogP contribution is -2.32. The van der Waals surface area contributed by atoms with Crippen molar-refractivity contribution in [3.63, 3.8) is 0 Å². The Morgan fingerprint density at radius 2 is 2.17 bits per heavy atom. The number of nitrogens with zero attached hydrogens (tertiary/aromatic N) is 4. The van der Waals surface area contributed by atoms with Crippen molar-refractivity contribution in [2.75, 3.05) is 6.54 Å². The minimum Gasteiger partial charge on any atom is -0.358 e. The summed E-state index contributed by atoms with van der Waals surface area (Å²) in [6.45, 7) is 11.8. The summed E-state index contributed by atoms with van der Waals surface area (Å²) < 4.78 is 2.03. The largest absolute Gasteiger partial charge is 0.358 e. The molecule has 96 valence electrons. The minimum absolute atomic E-state index is 0.119. The van der Waals surface area contributed by atoms with Crippen LogP contribution < -0.4 is 0 Å². The van der Waals surface area contributed by atoms with Gasteiger partial charge in [0.15, 0.2) is 0 Å². The second kappa shape index (κ2) is 4.85. The van der Waals surface area contributed by atoms with Crippen molar-refractivity contribution in [2.24, 2.45) is 0 Å². The van der Waals surface area contributed by atoms with Crippen LogP contribution in [-0.2, 0) is 13.0 Å². The lowest BCUT2D eigenvalue weighted by atomic mass is 10.1. The summed E-state index contributed by atoms with van der Waals surface area (Å²) >= 11 is 0. The molecule has 1 aromatic heterocycles. The number of fused-ring (bicyclic) bond motifs is 1. The number of hydrogen-bond donors (Lipinski definition) is 0. The Labute approximate surface area is 109 Å². The highest BCUT2D eigenvalue weighted by Crippen LogP contribution is 2.21. The highest BCUT2D eigenvalue weighted by molar-refractivity contribution is 5.18. The lowest BCUT2D eigenvalue weighted by molar-refractivity contribution is 0.311.